The van der Waals surface area contributed by atoms with Gasteiger partial charge in [-0.1, -0.05) is 81.4 Å². The maximum atomic E-state index is 15.1. The summed E-state index contributed by atoms with van der Waals surface area (Å²) >= 11 is 0. The number of nitrogens with two attached hydrogens (primary N) is 1. The Morgan fingerprint density at radius 1 is 0.959 bits per heavy atom. The molecule has 0 radical (unpaired) electrons. The van der Waals surface area contributed by atoms with Gasteiger partial charge in [0.15, 0.2) is 25.5 Å². The monoisotopic (exact) mass is 679 g/mol. The molecule has 0 unspecified atom stereocenters. The van der Waals surface area contributed by atoms with Crippen LogP contribution in [0.2, 0.25) is 18.1 Å². The number of pyridine rings is 1. The van der Waals surface area contributed by atoms with Gasteiger partial charge in [-0.3, -0.25) is 14.6 Å². The lowest BCUT2D eigenvalue weighted by molar-refractivity contribution is -0.0273. The molecule has 0 bridgehead atoms. The quantitative estimate of drug-likeness (QED) is 0.185. The minimum absolute atomic E-state index is 0.0288. The molecule has 3 N–H and O–H groups in total. The van der Waals surface area contributed by atoms with Crippen molar-refractivity contribution in [2.75, 3.05) is 0 Å². The van der Waals surface area contributed by atoms with Crippen molar-refractivity contribution >= 4 is 19.9 Å². The maximum Gasteiger partial charge on any atom is 0.265 e. The number of aliphatic hydroxyl groups is 1. The molecule has 3 aliphatic rings. The van der Waals surface area contributed by atoms with E-state index in [0.717, 1.165) is 11.1 Å². The van der Waals surface area contributed by atoms with Crippen molar-refractivity contribution in [2.24, 2.45) is 17.6 Å². The summed E-state index contributed by atoms with van der Waals surface area (Å²) in [5, 5.41) is 16.3. The normalized spacial score (nSPS) is 23.3. The van der Waals surface area contributed by atoms with E-state index in [-0.39, 0.29) is 41.0 Å². The molecule has 49 heavy (non-hydrogen) atoms. The first-order valence-electron chi connectivity index (χ1n) is 16.6. The van der Waals surface area contributed by atoms with E-state index in [1.807, 2.05) is 73.8 Å². The van der Waals surface area contributed by atoms with E-state index in [1.54, 1.807) is 6.20 Å². The van der Waals surface area contributed by atoms with Gasteiger partial charge in [-0.15, -0.1) is 0 Å². The number of hydrogen-bond donors (Lipinski definition) is 2. The number of allylic oxidation sites excluding steroid dienone is 1. The standard InChI is InChI=1S/C38H41N3O7Si/c1-37(2,3)49(4,5)48-38-26(31(39)33-30(35(38)44)36(41-47-33)46-21-23-14-10-7-11-15-23)17-24-16-25-18-40-19-27(28(25)32(42)29(24)34(38)43)45-20-22-12-8-6-9-13-22/h6-15,18-19,24,26,31,43H,16-17,20-21,39H2,1-5H3/t24-,26-,31-,38-/m0/s1. The highest BCUT2D eigenvalue weighted by Crippen LogP contribution is 2.58. The highest BCUT2D eigenvalue weighted by Gasteiger charge is 2.66. The van der Waals surface area contributed by atoms with Crippen molar-refractivity contribution in [2.45, 2.75) is 76.6 Å². The van der Waals surface area contributed by atoms with Crippen LogP contribution < -0.4 is 15.2 Å². The van der Waals surface area contributed by atoms with Gasteiger partial charge in [-0.05, 0) is 58.7 Å². The highest BCUT2D eigenvalue weighted by molar-refractivity contribution is 6.74. The van der Waals surface area contributed by atoms with Gasteiger partial charge in [-0.25, -0.2) is 0 Å². The molecular formula is C38H41N3O7Si. The SMILES string of the molecule is CC(C)(C)[Si](C)(C)O[C@@]12C(=O)c3c(OCc4ccccc4)noc3[C@@H](N)[C@@H]1C[C@@H]1Cc3cncc(OCc4ccccc4)c3C(=O)C1=C2O. The molecule has 3 aliphatic carbocycles. The number of fused-ring (bicyclic) bond motifs is 4. The van der Waals surface area contributed by atoms with Gasteiger partial charge < -0.3 is 29.3 Å². The Hall–Kier alpha value is -4.58. The van der Waals surface area contributed by atoms with Gasteiger partial charge in [-0.2, -0.15) is 0 Å². The Bertz CT molecular complexity index is 1950. The van der Waals surface area contributed by atoms with Gasteiger partial charge in [0.2, 0.25) is 5.78 Å². The first-order valence-corrected chi connectivity index (χ1v) is 19.5. The van der Waals surface area contributed by atoms with E-state index in [1.165, 1.54) is 6.20 Å². The fourth-order valence-electron chi connectivity index (χ4n) is 7.10. The van der Waals surface area contributed by atoms with E-state index >= 15 is 4.79 Å². The lowest BCUT2D eigenvalue weighted by Crippen LogP contribution is -2.64. The van der Waals surface area contributed by atoms with Crippen LogP contribution in [0.25, 0.3) is 0 Å². The van der Waals surface area contributed by atoms with E-state index in [2.05, 4.69) is 30.9 Å². The number of carbonyl (C=O) groups excluding carboxylic acids is 2. The van der Waals surface area contributed by atoms with Crippen LogP contribution in [0.5, 0.6) is 11.6 Å². The summed E-state index contributed by atoms with van der Waals surface area (Å²) in [5.74, 6) is -2.10. The van der Waals surface area contributed by atoms with Crippen molar-refractivity contribution in [1.29, 1.82) is 0 Å². The molecule has 10 nitrogen and oxygen atoms in total. The number of hydrogen-bond acceptors (Lipinski definition) is 10. The molecule has 7 rings (SSSR count). The van der Waals surface area contributed by atoms with Crippen molar-refractivity contribution < 1.29 is 33.1 Å². The average Bonchev–Trinajstić information content (AvgIpc) is 3.51. The zero-order valence-electron chi connectivity index (χ0n) is 28.4. The molecule has 0 spiro atoms. The van der Waals surface area contributed by atoms with E-state index < -0.39 is 49.1 Å². The van der Waals surface area contributed by atoms with Gasteiger partial charge >= 0.3 is 0 Å². The lowest BCUT2D eigenvalue weighted by Gasteiger charge is -2.53. The van der Waals surface area contributed by atoms with Crippen molar-refractivity contribution in [3.05, 3.63) is 118 Å². The number of carbonyl (C=O) groups is 2. The zero-order valence-corrected chi connectivity index (χ0v) is 29.4. The molecule has 0 aliphatic heterocycles. The molecule has 0 saturated heterocycles. The number of aromatic nitrogens is 2. The maximum absolute atomic E-state index is 15.1. The second kappa shape index (κ2) is 12.1. The molecule has 2 heterocycles. The molecule has 254 valence electrons. The number of Topliss-reactive ketones (excluding diaryl/α,β-unsaturated/α-hetero) is 2. The predicted octanol–water partition coefficient (Wildman–Crippen LogP) is 7.07. The molecule has 0 amide bonds. The third-order valence-electron chi connectivity index (χ3n) is 10.7. The van der Waals surface area contributed by atoms with E-state index in [9.17, 15) is 9.90 Å². The van der Waals surface area contributed by atoms with Crippen LogP contribution in [0.15, 0.2) is 88.9 Å². The molecule has 4 aromatic rings. The van der Waals surface area contributed by atoms with Crippen molar-refractivity contribution in [1.82, 2.24) is 10.1 Å². The largest absolute Gasteiger partial charge is 0.508 e. The summed E-state index contributed by atoms with van der Waals surface area (Å²) in [4.78, 5) is 34.1. The van der Waals surface area contributed by atoms with Gasteiger partial charge in [0.05, 0.1) is 17.8 Å². The Balaban J connectivity index is 1.35. The van der Waals surface area contributed by atoms with Gasteiger partial charge in [0.25, 0.3) is 5.88 Å². The second-order valence-electron chi connectivity index (χ2n) is 14.7. The zero-order chi connectivity index (χ0) is 34.7. The highest BCUT2D eigenvalue weighted by atomic mass is 28.4. The Morgan fingerprint density at radius 3 is 2.22 bits per heavy atom. The first-order chi connectivity index (χ1) is 23.3. The van der Waals surface area contributed by atoms with E-state index in [4.69, 9.17) is 24.2 Å². The number of benzene rings is 2. The van der Waals surface area contributed by atoms with E-state index in [0.29, 0.717) is 29.7 Å². The van der Waals surface area contributed by atoms with Crippen LogP contribution in [-0.2, 0) is 24.1 Å². The Kier molecular flexibility index (Phi) is 8.12. The molecule has 4 atom stereocenters. The smallest absolute Gasteiger partial charge is 0.265 e. The van der Waals surface area contributed by atoms with Crippen LogP contribution in [0, 0.1) is 11.8 Å². The first kappa shape index (κ1) is 32.9. The summed E-state index contributed by atoms with van der Waals surface area (Å²) in [6.45, 7) is 10.5. The van der Waals surface area contributed by atoms with Crippen LogP contribution in [0.4, 0.5) is 0 Å². The number of nitrogens with zero attached hydrogens (tertiary/aromatic N) is 2. The van der Waals surface area contributed by atoms with Gasteiger partial charge in [0, 0.05) is 17.7 Å². The summed E-state index contributed by atoms with van der Waals surface area (Å²) in [6.07, 6.45) is 3.88. The molecule has 2 aromatic carbocycles. The fraction of sp³-hybridized carbons (Fsp3) is 0.368. The van der Waals surface area contributed by atoms with Crippen LogP contribution in [-0.4, -0.2) is 40.7 Å². The van der Waals surface area contributed by atoms with Crippen molar-refractivity contribution in [3.8, 4) is 11.6 Å². The third kappa shape index (κ3) is 5.40. The van der Waals surface area contributed by atoms with Gasteiger partial charge in [0.1, 0.15) is 30.3 Å². The van der Waals surface area contributed by atoms with Crippen molar-refractivity contribution in [3.63, 3.8) is 0 Å². The molecule has 0 saturated carbocycles. The molecule has 0 fully saturated rings. The second-order valence-corrected chi connectivity index (χ2v) is 19.5. The number of ether oxygens (including phenoxy) is 2. The third-order valence-corrected chi connectivity index (χ3v) is 15.1. The Labute approximate surface area is 286 Å². The summed E-state index contributed by atoms with van der Waals surface area (Å²) in [5.41, 5.74) is 8.03. The average molecular weight is 680 g/mol. The number of ketones is 2. The number of rotatable bonds is 8. The van der Waals surface area contributed by atoms with Crippen LogP contribution >= 0.6 is 0 Å². The molecule has 11 heteroatoms. The van der Waals surface area contributed by atoms with Crippen LogP contribution in [0.1, 0.15) is 76.4 Å². The number of aliphatic hydroxyl groups excluding tert-OH is 1. The molecule has 2 aromatic heterocycles. The van der Waals surface area contributed by atoms with Crippen LogP contribution in [0.3, 0.4) is 0 Å². The minimum atomic E-state index is -2.83. The summed E-state index contributed by atoms with van der Waals surface area (Å²) in [6, 6.07) is 18.2. The molecular weight excluding hydrogens is 639 g/mol. The lowest BCUT2D eigenvalue weighted by atomic mass is 9.59. The minimum Gasteiger partial charge on any atom is -0.508 e. The Morgan fingerprint density at radius 2 is 1.59 bits per heavy atom. The predicted molar refractivity (Wildman–Crippen MR) is 184 cm³/mol. The summed E-state index contributed by atoms with van der Waals surface area (Å²) in [7, 11) is -2.83. The summed E-state index contributed by atoms with van der Waals surface area (Å²) < 4.78 is 25.0. The fourth-order valence-corrected chi connectivity index (χ4v) is 8.55. The topological polar surface area (TPSA) is 147 Å².